The van der Waals surface area contributed by atoms with Gasteiger partial charge in [-0.3, -0.25) is 14.9 Å². The van der Waals surface area contributed by atoms with Crippen LogP contribution in [0.3, 0.4) is 0 Å². The van der Waals surface area contributed by atoms with Gasteiger partial charge in [0.15, 0.2) is 0 Å². The molecule has 122 valence electrons. The maximum atomic E-state index is 12.2. The van der Waals surface area contributed by atoms with Gasteiger partial charge >= 0.3 is 5.00 Å². The molecule has 2 aromatic rings. The summed E-state index contributed by atoms with van der Waals surface area (Å²) < 4.78 is 10.5. The van der Waals surface area contributed by atoms with Crippen LogP contribution in [0.15, 0.2) is 30.3 Å². The van der Waals surface area contributed by atoms with E-state index in [0.717, 1.165) is 16.9 Å². The van der Waals surface area contributed by atoms with Crippen LogP contribution < -0.4 is 14.8 Å². The van der Waals surface area contributed by atoms with Gasteiger partial charge in [0.1, 0.15) is 11.5 Å². The van der Waals surface area contributed by atoms with Crippen molar-refractivity contribution in [3.05, 3.63) is 50.9 Å². The summed E-state index contributed by atoms with van der Waals surface area (Å²) in [6, 6.07) is 7.74. The predicted molar refractivity (Wildman–Crippen MR) is 86.4 cm³/mol. The fraction of sp³-hybridized carbons (Fsp3) is 0.267. The molecule has 2 rings (SSSR count). The van der Waals surface area contributed by atoms with E-state index in [1.54, 1.807) is 25.3 Å². The molecule has 0 radical (unpaired) electrons. The van der Waals surface area contributed by atoms with E-state index in [0.29, 0.717) is 11.5 Å². The molecule has 0 saturated heterocycles. The average molecular weight is 336 g/mol. The molecular weight excluding hydrogens is 320 g/mol. The molecule has 1 atom stereocenters. The molecule has 1 amide bonds. The standard InChI is InChI=1S/C15H16N2O5S/c1-9(11-5-4-10(21-2)8-12(11)22-3)16-15(18)13-6-7-14(23-13)17(19)20/h4-9H,1-3H3,(H,16,18). The summed E-state index contributed by atoms with van der Waals surface area (Å²) in [5, 5.41) is 13.4. The zero-order chi connectivity index (χ0) is 17.0. The summed E-state index contributed by atoms with van der Waals surface area (Å²) in [5.41, 5.74) is 0.785. The fourth-order valence-corrected chi connectivity index (χ4v) is 2.79. The summed E-state index contributed by atoms with van der Waals surface area (Å²) >= 11 is 0.840. The van der Waals surface area contributed by atoms with Crippen LogP contribution in [0.5, 0.6) is 11.5 Å². The quantitative estimate of drug-likeness (QED) is 0.646. The van der Waals surface area contributed by atoms with Gasteiger partial charge in [-0.25, -0.2) is 0 Å². The van der Waals surface area contributed by atoms with Gasteiger partial charge in [0.25, 0.3) is 5.91 Å². The zero-order valence-corrected chi connectivity index (χ0v) is 13.7. The van der Waals surface area contributed by atoms with E-state index in [9.17, 15) is 14.9 Å². The van der Waals surface area contributed by atoms with Crippen molar-refractivity contribution in [2.75, 3.05) is 14.2 Å². The summed E-state index contributed by atoms with van der Waals surface area (Å²) in [5.74, 6) is 0.876. The van der Waals surface area contributed by atoms with Crippen LogP contribution in [0.2, 0.25) is 0 Å². The number of nitro groups is 1. The van der Waals surface area contributed by atoms with E-state index >= 15 is 0 Å². The molecule has 7 nitrogen and oxygen atoms in total. The first-order valence-corrected chi connectivity index (χ1v) is 7.55. The molecule has 8 heteroatoms. The Kier molecular flexibility index (Phi) is 5.17. The number of methoxy groups -OCH3 is 2. The average Bonchev–Trinajstić information content (AvgIpc) is 3.04. The normalized spacial score (nSPS) is 11.6. The Morgan fingerprint density at radius 3 is 2.57 bits per heavy atom. The summed E-state index contributed by atoms with van der Waals surface area (Å²) in [4.78, 5) is 22.7. The molecule has 1 aromatic carbocycles. The second-order valence-corrected chi connectivity index (χ2v) is 5.76. The predicted octanol–water partition coefficient (Wildman–Crippen LogP) is 3.16. The van der Waals surface area contributed by atoms with E-state index in [-0.39, 0.29) is 21.8 Å². The van der Waals surface area contributed by atoms with Crippen LogP contribution in [-0.2, 0) is 0 Å². The number of benzene rings is 1. The maximum Gasteiger partial charge on any atom is 0.324 e. The van der Waals surface area contributed by atoms with Crippen LogP contribution in [-0.4, -0.2) is 25.1 Å². The molecule has 1 unspecified atom stereocenters. The lowest BCUT2D eigenvalue weighted by Crippen LogP contribution is -2.26. The van der Waals surface area contributed by atoms with Gasteiger partial charge in [-0.05, 0) is 25.1 Å². The van der Waals surface area contributed by atoms with Gasteiger partial charge in [0.2, 0.25) is 0 Å². The molecule has 1 heterocycles. The molecule has 0 bridgehead atoms. The second kappa shape index (κ2) is 7.10. The summed E-state index contributed by atoms with van der Waals surface area (Å²) in [6.45, 7) is 1.81. The third-order valence-corrected chi connectivity index (χ3v) is 4.29. The van der Waals surface area contributed by atoms with Gasteiger partial charge in [-0.1, -0.05) is 11.3 Å². The number of carbonyl (C=O) groups excluding carboxylic acids is 1. The summed E-state index contributed by atoms with van der Waals surface area (Å²) in [7, 11) is 3.10. The first kappa shape index (κ1) is 16.8. The number of nitrogens with zero attached hydrogens (tertiary/aromatic N) is 1. The van der Waals surface area contributed by atoms with Crippen LogP contribution in [0.1, 0.15) is 28.2 Å². The minimum atomic E-state index is -0.516. The van der Waals surface area contributed by atoms with Crippen molar-refractivity contribution in [2.24, 2.45) is 0 Å². The van der Waals surface area contributed by atoms with E-state index < -0.39 is 4.92 Å². The van der Waals surface area contributed by atoms with Gasteiger partial charge < -0.3 is 14.8 Å². The Morgan fingerprint density at radius 1 is 1.26 bits per heavy atom. The molecule has 0 saturated carbocycles. The van der Waals surface area contributed by atoms with Crippen molar-refractivity contribution in [3.8, 4) is 11.5 Å². The molecule has 1 N–H and O–H groups in total. The smallest absolute Gasteiger partial charge is 0.324 e. The molecule has 1 aromatic heterocycles. The Labute approximate surface area is 137 Å². The lowest BCUT2D eigenvalue weighted by molar-refractivity contribution is -0.380. The molecule has 0 aliphatic heterocycles. The Balaban J connectivity index is 2.16. The largest absolute Gasteiger partial charge is 0.497 e. The maximum absolute atomic E-state index is 12.2. The van der Waals surface area contributed by atoms with Crippen LogP contribution in [0.4, 0.5) is 5.00 Å². The topological polar surface area (TPSA) is 90.7 Å². The van der Waals surface area contributed by atoms with Crippen molar-refractivity contribution in [1.82, 2.24) is 5.32 Å². The SMILES string of the molecule is COc1ccc(C(C)NC(=O)c2ccc([N+](=O)[O-])s2)c(OC)c1. The van der Waals surface area contributed by atoms with E-state index in [2.05, 4.69) is 5.32 Å². The first-order valence-electron chi connectivity index (χ1n) is 6.73. The first-order chi connectivity index (χ1) is 11.0. The number of rotatable bonds is 6. The number of carbonyl (C=O) groups is 1. The Bertz CT molecular complexity index is 728. The minimum absolute atomic E-state index is 0.0650. The number of ether oxygens (including phenoxy) is 2. The highest BCUT2D eigenvalue weighted by molar-refractivity contribution is 7.17. The van der Waals surface area contributed by atoms with Crippen LogP contribution >= 0.6 is 11.3 Å². The van der Waals surface area contributed by atoms with Crippen molar-refractivity contribution in [1.29, 1.82) is 0 Å². The molecule has 0 aliphatic rings. The number of nitrogens with one attached hydrogen (secondary N) is 1. The highest BCUT2D eigenvalue weighted by atomic mass is 32.1. The summed E-state index contributed by atoms with van der Waals surface area (Å²) in [6.07, 6.45) is 0. The monoisotopic (exact) mass is 336 g/mol. The van der Waals surface area contributed by atoms with E-state index in [1.165, 1.54) is 19.2 Å². The second-order valence-electron chi connectivity index (χ2n) is 4.70. The zero-order valence-electron chi connectivity index (χ0n) is 12.9. The van der Waals surface area contributed by atoms with Gasteiger partial charge in [0.05, 0.1) is 30.1 Å². The number of hydrogen-bond donors (Lipinski definition) is 1. The molecule has 0 fully saturated rings. The van der Waals surface area contributed by atoms with Crippen molar-refractivity contribution in [2.45, 2.75) is 13.0 Å². The molecular formula is C15H16N2O5S. The van der Waals surface area contributed by atoms with E-state index in [4.69, 9.17) is 9.47 Å². The third kappa shape index (κ3) is 3.78. The molecule has 0 spiro atoms. The van der Waals surface area contributed by atoms with Crippen LogP contribution in [0.25, 0.3) is 0 Å². The number of amides is 1. The van der Waals surface area contributed by atoms with Crippen molar-refractivity contribution in [3.63, 3.8) is 0 Å². The van der Waals surface area contributed by atoms with E-state index in [1.807, 2.05) is 6.92 Å². The number of thiophene rings is 1. The Hall–Kier alpha value is -2.61. The highest BCUT2D eigenvalue weighted by Gasteiger charge is 2.19. The van der Waals surface area contributed by atoms with Crippen molar-refractivity contribution >= 4 is 22.2 Å². The van der Waals surface area contributed by atoms with Crippen LogP contribution in [0, 0.1) is 10.1 Å². The fourth-order valence-electron chi connectivity index (χ4n) is 2.07. The lowest BCUT2D eigenvalue weighted by atomic mass is 10.1. The van der Waals surface area contributed by atoms with Gasteiger partial charge in [-0.2, -0.15) is 0 Å². The molecule has 0 aliphatic carbocycles. The Morgan fingerprint density at radius 2 is 2.00 bits per heavy atom. The van der Waals surface area contributed by atoms with Gasteiger partial charge in [-0.15, -0.1) is 0 Å². The molecule has 23 heavy (non-hydrogen) atoms. The number of hydrogen-bond acceptors (Lipinski definition) is 6. The lowest BCUT2D eigenvalue weighted by Gasteiger charge is -2.17. The van der Waals surface area contributed by atoms with Crippen molar-refractivity contribution < 1.29 is 19.2 Å². The highest BCUT2D eigenvalue weighted by Crippen LogP contribution is 2.30. The van der Waals surface area contributed by atoms with Gasteiger partial charge in [0, 0.05) is 17.7 Å². The minimum Gasteiger partial charge on any atom is -0.497 e. The third-order valence-electron chi connectivity index (χ3n) is 3.25.